The van der Waals surface area contributed by atoms with Crippen LogP contribution in [-0.2, 0) is 13.6 Å². The molecule has 6 nitrogen and oxygen atoms in total. The second-order valence-electron chi connectivity index (χ2n) is 4.62. The highest BCUT2D eigenvalue weighted by Gasteiger charge is 2.06. The molecule has 2 N–H and O–H groups in total. The molecule has 0 unspecified atom stereocenters. The van der Waals surface area contributed by atoms with Crippen molar-refractivity contribution in [1.29, 1.82) is 0 Å². The van der Waals surface area contributed by atoms with E-state index in [9.17, 15) is 9.59 Å². The first-order valence-corrected chi connectivity index (χ1v) is 7.56. The Morgan fingerprint density at radius 2 is 2.00 bits per heavy atom. The van der Waals surface area contributed by atoms with Crippen molar-refractivity contribution < 1.29 is 0 Å². The van der Waals surface area contributed by atoms with Gasteiger partial charge in [0.25, 0.3) is 0 Å². The van der Waals surface area contributed by atoms with Gasteiger partial charge in [0.1, 0.15) is 0 Å². The number of H-pyrrole nitrogens is 1. The van der Waals surface area contributed by atoms with Gasteiger partial charge in [-0.25, -0.2) is 0 Å². The average Bonchev–Trinajstić information content (AvgIpc) is 2.47. The fourth-order valence-corrected chi connectivity index (χ4v) is 2.54. The molecule has 0 amide bonds. The van der Waals surface area contributed by atoms with Crippen LogP contribution in [0.3, 0.4) is 0 Å². The molecule has 2 rings (SSSR count). The topological polar surface area (TPSA) is 79.8 Å². The molecule has 1 aromatic carbocycles. The fraction of sp³-hybridized carbons (Fsp3) is 0.357. The summed E-state index contributed by atoms with van der Waals surface area (Å²) in [4.78, 5) is 27.2. The normalized spacial score (nSPS) is 10.8. The molecule has 0 bridgehead atoms. The third-order valence-corrected chi connectivity index (χ3v) is 3.89. The number of aromatic amines is 1. The number of benzene rings is 1. The maximum Gasteiger partial charge on any atom is 0.339 e. The van der Waals surface area contributed by atoms with Gasteiger partial charge in [0.15, 0.2) is 5.16 Å². The maximum atomic E-state index is 11.3. The van der Waals surface area contributed by atoms with E-state index >= 15 is 0 Å². The smallest absolute Gasteiger partial charge is 0.313 e. The summed E-state index contributed by atoms with van der Waals surface area (Å²) in [6.45, 7) is 3.97. The molecule has 1 aromatic heterocycles. The van der Waals surface area contributed by atoms with Crippen LogP contribution in [0.1, 0.15) is 18.9 Å². The van der Waals surface area contributed by atoms with Gasteiger partial charge in [0, 0.05) is 18.5 Å². The van der Waals surface area contributed by atoms with Crippen molar-refractivity contribution in [3.05, 3.63) is 50.5 Å². The van der Waals surface area contributed by atoms with Gasteiger partial charge < -0.3 is 5.32 Å². The fourth-order valence-electron chi connectivity index (χ4n) is 1.74. The summed E-state index contributed by atoms with van der Waals surface area (Å²) < 4.78 is 1.45. The number of aromatic nitrogens is 3. The zero-order chi connectivity index (χ0) is 15.2. The Labute approximate surface area is 126 Å². The van der Waals surface area contributed by atoms with Crippen molar-refractivity contribution in [2.75, 3.05) is 6.54 Å². The summed E-state index contributed by atoms with van der Waals surface area (Å²) in [5, 5.41) is 6.22. The Kier molecular flexibility index (Phi) is 5.35. The zero-order valence-electron chi connectivity index (χ0n) is 12.0. The molecule has 1 heterocycles. The highest BCUT2D eigenvalue weighted by molar-refractivity contribution is 7.99. The predicted octanol–water partition coefficient (Wildman–Crippen LogP) is 1.12. The molecular weight excluding hydrogens is 288 g/mol. The molecule has 2 aromatic rings. The van der Waals surface area contributed by atoms with Crippen molar-refractivity contribution in [1.82, 2.24) is 20.1 Å². The average molecular weight is 306 g/mol. The van der Waals surface area contributed by atoms with Crippen LogP contribution in [-0.4, -0.2) is 21.3 Å². The lowest BCUT2D eigenvalue weighted by atomic mass is 10.2. The predicted molar refractivity (Wildman–Crippen MR) is 82.7 cm³/mol. The van der Waals surface area contributed by atoms with Crippen LogP contribution >= 0.6 is 11.8 Å². The molecule has 0 atom stereocenters. The van der Waals surface area contributed by atoms with Crippen molar-refractivity contribution in [2.24, 2.45) is 7.05 Å². The van der Waals surface area contributed by atoms with Crippen LogP contribution in [0.4, 0.5) is 0 Å². The summed E-state index contributed by atoms with van der Waals surface area (Å²) in [6, 6.07) is 8.03. The van der Waals surface area contributed by atoms with E-state index in [1.165, 1.54) is 22.0 Å². The van der Waals surface area contributed by atoms with Gasteiger partial charge in [-0.1, -0.05) is 30.8 Å². The van der Waals surface area contributed by atoms with Crippen LogP contribution < -0.4 is 16.4 Å². The van der Waals surface area contributed by atoms with Gasteiger partial charge in [0.05, 0.1) is 0 Å². The molecule has 21 heavy (non-hydrogen) atoms. The van der Waals surface area contributed by atoms with E-state index in [0.29, 0.717) is 5.16 Å². The van der Waals surface area contributed by atoms with Crippen LogP contribution in [0.25, 0.3) is 0 Å². The Bertz CT molecular complexity index is 706. The first-order chi connectivity index (χ1) is 10.1. The van der Waals surface area contributed by atoms with E-state index in [-0.39, 0.29) is 0 Å². The van der Waals surface area contributed by atoms with E-state index < -0.39 is 11.1 Å². The van der Waals surface area contributed by atoms with Gasteiger partial charge in [-0.05, 0) is 30.7 Å². The minimum atomic E-state index is -0.768. The van der Waals surface area contributed by atoms with E-state index in [2.05, 4.69) is 22.3 Å². The van der Waals surface area contributed by atoms with Crippen LogP contribution in [0.2, 0.25) is 0 Å². The highest BCUT2D eigenvalue weighted by Crippen LogP contribution is 2.24. The first kappa shape index (κ1) is 15.5. The molecular formula is C14H18N4O2S. The number of aryl methyl sites for hydroxylation is 1. The van der Waals surface area contributed by atoms with E-state index in [0.717, 1.165) is 24.4 Å². The first-order valence-electron chi connectivity index (χ1n) is 6.75. The molecule has 0 saturated carbocycles. The third kappa shape index (κ3) is 4.30. The summed E-state index contributed by atoms with van der Waals surface area (Å²) in [7, 11) is 1.65. The van der Waals surface area contributed by atoms with Crippen molar-refractivity contribution in [3.8, 4) is 0 Å². The molecule has 0 aliphatic heterocycles. The van der Waals surface area contributed by atoms with Crippen LogP contribution in [0.15, 0.2) is 43.9 Å². The second-order valence-corrected chi connectivity index (χ2v) is 5.66. The summed E-state index contributed by atoms with van der Waals surface area (Å²) in [5.41, 5.74) is -0.272. The van der Waals surface area contributed by atoms with Gasteiger partial charge in [-0.15, -0.1) is 0 Å². The number of hydrogen-bond acceptors (Lipinski definition) is 5. The van der Waals surface area contributed by atoms with Crippen molar-refractivity contribution in [2.45, 2.75) is 29.9 Å². The SMILES string of the molecule is CCCNCc1ccc(Sc2nc(=O)c(=O)[nH]n2C)cc1. The molecule has 0 saturated heterocycles. The van der Waals surface area contributed by atoms with E-state index in [1.54, 1.807) is 7.05 Å². The van der Waals surface area contributed by atoms with E-state index in [1.807, 2.05) is 24.3 Å². The number of rotatable bonds is 6. The Morgan fingerprint density at radius 1 is 1.29 bits per heavy atom. The monoisotopic (exact) mass is 306 g/mol. The number of nitrogens with zero attached hydrogens (tertiary/aromatic N) is 2. The largest absolute Gasteiger partial charge is 0.339 e. The third-order valence-electron chi connectivity index (χ3n) is 2.84. The summed E-state index contributed by atoms with van der Waals surface area (Å²) in [5.74, 6) is 0. The maximum absolute atomic E-state index is 11.3. The van der Waals surface area contributed by atoms with Crippen LogP contribution in [0, 0.1) is 0 Å². The summed E-state index contributed by atoms with van der Waals surface area (Å²) >= 11 is 1.34. The van der Waals surface area contributed by atoms with Crippen molar-refractivity contribution in [3.63, 3.8) is 0 Å². The number of hydrogen-bond donors (Lipinski definition) is 2. The molecule has 7 heteroatoms. The van der Waals surface area contributed by atoms with Gasteiger partial charge >= 0.3 is 11.1 Å². The Hall–Kier alpha value is -1.86. The quantitative estimate of drug-likeness (QED) is 0.617. The molecule has 0 spiro atoms. The minimum Gasteiger partial charge on any atom is -0.313 e. The second kappa shape index (κ2) is 7.24. The molecule has 0 aliphatic carbocycles. The van der Waals surface area contributed by atoms with Crippen LogP contribution in [0.5, 0.6) is 0 Å². The van der Waals surface area contributed by atoms with Gasteiger partial charge in [-0.2, -0.15) is 4.98 Å². The lowest BCUT2D eigenvalue weighted by Gasteiger charge is -2.07. The van der Waals surface area contributed by atoms with E-state index in [4.69, 9.17) is 0 Å². The molecule has 0 fully saturated rings. The lowest BCUT2D eigenvalue weighted by Crippen LogP contribution is -2.33. The molecule has 112 valence electrons. The van der Waals surface area contributed by atoms with Gasteiger partial charge in [0.2, 0.25) is 0 Å². The molecule has 0 aliphatic rings. The number of nitrogens with one attached hydrogen (secondary N) is 2. The molecule has 0 radical (unpaired) electrons. The Morgan fingerprint density at radius 3 is 2.67 bits per heavy atom. The Balaban J connectivity index is 2.08. The highest BCUT2D eigenvalue weighted by atomic mass is 32.2. The van der Waals surface area contributed by atoms with Crippen molar-refractivity contribution >= 4 is 11.8 Å². The van der Waals surface area contributed by atoms with Gasteiger partial charge in [-0.3, -0.25) is 19.4 Å². The standard InChI is InChI=1S/C14H18N4O2S/c1-3-8-15-9-10-4-6-11(7-5-10)21-14-16-12(19)13(20)17-18(14)2/h4-7,15H,3,8-9H2,1-2H3,(H,17,20). The summed E-state index contributed by atoms with van der Waals surface area (Å²) in [6.07, 6.45) is 1.11. The minimum absolute atomic E-state index is 0.455. The zero-order valence-corrected chi connectivity index (χ0v) is 12.9. The lowest BCUT2D eigenvalue weighted by molar-refractivity contribution is 0.596.